The Morgan fingerprint density at radius 3 is 2.84 bits per heavy atom. The van der Waals surface area contributed by atoms with E-state index in [1.165, 1.54) is 22.4 Å². The molecule has 2 heterocycles. The number of nitrogens with one attached hydrogen (secondary N) is 1. The van der Waals surface area contributed by atoms with E-state index >= 15 is 0 Å². The van der Waals surface area contributed by atoms with E-state index in [4.69, 9.17) is 0 Å². The van der Waals surface area contributed by atoms with Gasteiger partial charge in [0.05, 0.1) is 18.2 Å². The molecule has 1 aliphatic heterocycles. The van der Waals surface area contributed by atoms with Gasteiger partial charge < -0.3 is 10.2 Å². The molecule has 1 aromatic carbocycles. The largest absolute Gasteiger partial charge is 0.350 e. The fraction of sp³-hybridized carbons (Fsp3) is 0.400. The predicted octanol–water partition coefficient (Wildman–Crippen LogP) is 2.81. The molecule has 1 aliphatic carbocycles. The maximum Gasteiger partial charge on any atom is 0.255 e. The fourth-order valence-electron chi connectivity index (χ4n) is 3.84. The van der Waals surface area contributed by atoms with Crippen molar-refractivity contribution in [1.29, 1.82) is 0 Å². The van der Waals surface area contributed by atoms with Crippen molar-refractivity contribution in [2.75, 3.05) is 13.1 Å². The Hall–Kier alpha value is -2.14. The summed E-state index contributed by atoms with van der Waals surface area (Å²) in [5.41, 5.74) is 3.23. The fourth-order valence-corrected chi connectivity index (χ4v) is 4.96. The number of rotatable bonds is 3. The van der Waals surface area contributed by atoms with Gasteiger partial charge in [-0.2, -0.15) is 0 Å². The highest BCUT2D eigenvalue weighted by Gasteiger charge is 2.31. The molecule has 4 rings (SSSR count). The zero-order chi connectivity index (χ0) is 17.2. The molecule has 0 spiro atoms. The van der Waals surface area contributed by atoms with Gasteiger partial charge in [0, 0.05) is 16.8 Å². The summed E-state index contributed by atoms with van der Waals surface area (Å²) in [5, 5.41) is 5.02. The minimum absolute atomic E-state index is 0.0207. The monoisotopic (exact) mass is 354 g/mol. The van der Waals surface area contributed by atoms with Gasteiger partial charge in [0.2, 0.25) is 5.91 Å². The van der Waals surface area contributed by atoms with Gasteiger partial charge in [-0.05, 0) is 43.2 Å². The van der Waals surface area contributed by atoms with E-state index in [0.717, 1.165) is 31.2 Å². The van der Waals surface area contributed by atoms with E-state index in [2.05, 4.69) is 17.4 Å². The van der Waals surface area contributed by atoms with Crippen LogP contribution >= 0.6 is 11.3 Å². The Labute approximate surface area is 151 Å². The molecule has 1 atom stereocenters. The molecule has 1 aromatic heterocycles. The standard InChI is InChI=1S/C20H22N2O2S/c23-19-12-22(11-15(21-19)10-14-6-2-1-3-7-14)20(24)17-13-25-18-9-5-4-8-16(17)18/h1-3,6-7,13,15H,4-5,8-12H2,(H,21,23)/t15-/m0/s1. The Morgan fingerprint density at radius 2 is 2.00 bits per heavy atom. The van der Waals surface area contributed by atoms with Crippen molar-refractivity contribution in [3.63, 3.8) is 0 Å². The van der Waals surface area contributed by atoms with Crippen molar-refractivity contribution < 1.29 is 9.59 Å². The van der Waals surface area contributed by atoms with Crippen LogP contribution in [-0.4, -0.2) is 35.8 Å². The molecule has 2 aliphatic rings. The molecular weight excluding hydrogens is 332 g/mol. The van der Waals surface area contributed by atoms with Crippen molar-refractivity contribution >= 4 is 23.2 Å². The third-order valence-corrected chi connectivity index (χ3v) is 6.13. The highest BCUT2D eigenvalue weighted by molar-refractivity contribution is 7.10. The summed E-state index contributed by atoms with van der Waals surface area (Å²) < 4.78 is 0. The first kappa shape index (κ1) is 16.3. The van der Waals surface area contributed by atoms with Crippen molar-refractivity contribution in [3.05, 3.63) is 57.3 Å². The zero-order valence-corrected chi connectivity index (χ0v) is 15.0. The van der Waals surface area contributed by atoms with E-state index in [0.29, 0.717) is 6.54 Å². The second-order valence-corrected chi connectivity index (χ2v) is 7.86. The number of aryl methyl sites for hydroxylation is 1. The SMILES string of the molecule is O=C1CN(C(=O)c2csc3c2CCCC3)C[C@H](Cc2ccccc2)N1. The molecule has 2 amide bonds. The van der Waals surface area contributed by atoms with E-state index in [1.54, 1.807) is 16.2 Å². The van der Waals surface area contributed by atoms with Crippen LogP contribution in [0.1, 0.15) is 39.2 Å². The number of amides is 2. The smallest absolute Gasteiger partial charge is 0.255 e. The minimum atomic E-state index is -0.0652. The Morgan fingerprint density at radius 1 is 1.20 bits per heavy atom. The molecule has 0 radical (unpaired) electrons. The van der Waals surface area contributed by atoms with Gasteiger partial charge in [-0.15, -0.1) is 11.3 Å². The van der Waals surface area contributed by atoms with Gasteiger partial charge in [-0.1, -0.05) is 30.3 Å². The quantitative estimate of drug-likeness (QED) is 0.921. The predicted molar refractivity (Wildman–Crippen MR) is 98.9 cm³/mol. The summed E-state index contributed by atoms with van der Waals surface area (Å²) in [6.07, 6.45) is 5.20. The number of thiophene rings is 1. The van der Waals surface area contributed by atoms with Crippen LogP contribution in [0.15, 0.2) is 35.7 Å². The maximum atomic E-state index is 13.0. The van der Waals surface area contributed by atoms with Crippen LogP contribution in [-0.2, 0) is 24.1 Å². The number of nitrogens with zero attached hydrogens (tertiary/aromatic N) is 1. The molecule has 1 saturated heterocycles. The molecular formula is C20H22N2O2S. The van der Waals surface area contributed by atoms with Crippen LogP contribution in [0.4, 0.5) is 0 Å². The second kappa shape index (κ2) is 7.00. The van der Waals surface area contributed by atoms with E-state index < -0.39 is 0 Å². The third-order valence-electron chi connectivity index (χ3n) is 5.04. The lowest BCUT2D eigenvalue weighted by molar-refractivity contribution is -0.124. The van der Waals surface area contributed by atoms with E-state index in [1.807, 2.05) is 23.6 Å². The number of benzene rings is 1. The molecule has 1 N–H and O–H groups in total. The Bertz CT molecular complexity index is 784. The first-order chi connectivity index (χ1) is 12.2. The average Bonchev–Trinajstić information content (AvgIpc) is 3.05. The number of fused-ring (bicyclic) bond motifs is 1. The molecule has 130 valence electrons. The van der Waals surface area contributed by atoms with Crippen LogP contribution < -0.4 is 5.32 Å². The maximum absolute atomic E-state index is 13.0. The van der Waals surface area contributed by atoms with E-state index in [-0.39, 0.29) is 24.4 Å². The highest BCUT2D eigenvalue weighted by Crippen LogP contribution is 2.31. The number of carbonyl (C=O) groups is 2. The lowest BCUT2D eigenvalue weighted by atomic mass is 9.95. The third kappa shape index (κ3) is 3.47. The molecule has 0 bridgehead atoms. The molecule has 2 aromatic rings. The van der Waals surface area contributed by atoms with Crippen molar-refractivity contribution in [3.8, 4) is 0 Å². The van der Waals surface area contributed by atoms with Gasteiger partial charge in [-0.25, -0.2) is 0 Å². The normalized spacial score (nSPS) is 20.1. The minimum Gasteiger partial charge on any atom is -0.350 e. The van der Waals surface area contributed by atoms with Crippen LogP contribution in [0.5, 0.6) is 0 Å². The van der Waals surface area contributed by atoms with E-state index in [9.17, 15) is 9.59 Å². The van der Waals surface area contributed by atoms with Crippen LogP contribution in [0.25, 0.3) is 0 Å². The molecule has 0 saturated carbocycles. The Kier molecular flexibility index (Phi) is 4.57. The second-order valence-electron chi connectivity index (χ2n) is 6.90. The summed E-state index contributed by atoms with van der Waals surface area (Å²) in [7, 11) is 0. The zero-order valence-electron chi connectivity index (χ0n) is 14.2. The lowest BCUT2D eigenvalue weighted by Gasteiger charge is -2.33. The number of piperazine rings is 1. The summed E-state index contributed by atoms with van der Waals surface area (Å²) >= 11 is 1.70. The highest BCUT2D eigenvalue weighted by atomic mass is 32.1. The van der Waals surface area contributed by atoms with Gasteiger partial charge in [0.15, 0.2) is 0 Å². The first-order valence-electron chi connectivity index (χ1n) is 8.92. The lowest BCUT2D eigenvalue weighted by Crippen LogP contribution is -2.56. The van der Waals surface area contributed by atoms with Gasteiger partial charge in [0.1, 0.15) is 0 Å². The number of hydrogen-bond acceptors (Lipinski definition) is 3. The average molecular weight is 354 g/mol. The summed E-state index contributed by atoms with van der Waals surface area (Å²) in [6, 6.07) is 10.1. The molecule has 4 nitrogen and oxygen atoms in total. The molecule has 1 fully saturated rings. The van der Waals surface area contributed by atoms with Gasteiger partial charge in [0.25, 0.3) is 5.91 Å². The molecule has 0 unspecified atom stereocenters. The Balaban J connectivity index is 1.50. The number of hydrogen-bond donors (Lipinski definition) is 1. The van der Waals surface area contributed by atoms with Crippen LogP contribution in [0, 0.1) is 0 Å². The summed E-state index contributed by atoms with van der Waals surface area (Å²) in [5.74, 6) is -0.0445. The van der Waals surface area contributed by atoms with Crippen LogP contribution in [0.2, 0.25) is 0 Å². The summed E-state index contributed by atoms with van der Waals surface area (Å²) in [4.78, 5) is 28.2. The first-order valence-corrected chi connectivity index (χ1v) is 9.80. The van der Waals surface area contributed by atoms with Gasteiger partial charge >= 0.3 is 0 Å². The van der Waals surface area contributed by atoms with Crippen LogP contribution in [0.3, 0.4) is 0 Å². The summed E-state index contributed by atoms with van der Waals surface area (Å²) in [6.45, 7) is 0.735. The number of carbonyl (C=O) groups excluding carboxylic acids is 2. The molecule has 25 heavy (non-hydrogen) atoms. The van der Waals surface area contributed by atoms with Crippen molar-refractivity contribution in [2.45, 2.75) is 38.1 Å². The topological polar surface area (TPSA) is 49.4 Å². The van der Waals surface area contributed by atoms with Crippen molar-refractivity contribution in [2.24, 2.45) is 0 Å². The van der Waals surface area contributed by atoms with Crippen molar-refractivity contribution in [1.82, 2.24) is 10.2 Å². The van der Waals surface area contributed by atoms with Gasteiger partial charge in [-0.3, -0.25) is 9.59 Å². The molecule has 5 heteroatoms.